The first-order chi connectivity index (χ1) is 19.4. The lowest BCUT2D eigenvalue weighted by Crippen LogP contribution is -2.30. The van der Waals surface area contributed by atoms with Crippen LogP contribution in [0.25, 0.3) is 0 Å². The number of anilines is 2. The molecule has 0 unspecified atom stereocenters. The third-order valence-electron chi connectivity index (χ3n) is 5.62. The van der Waals surface area contributed by atoms with E-state index in [0.717, 1.165) is 41.3 Å². The zero-order valence-corrected chi connectivity index (χ0v) is 23.0. The van der Waals surface area contributed by atoms with Crippen LogP contribution >= 0.6 is 0 Å². The van der Waals surface area contributed by atoms with Crippen molar-refractivity contribution in [1.29, 1.82) is 0 Å². The molecule has 6 N–H and O–H groups in total. The molecule has 4 aromatic carbocycles. The summed E-state index contributed by atoms with van der Waals surface area (Å²) in [7, 11) is 3.25. The van der Waals surface area contributed by atoms with E-state index in [2.05, 4.69) is 10.7 Å². The number of carbonyl (C=O) groups is 2. The Morgan fingerprint density at radius 3 is 1.48 bits per heavy atom. The molecule has 210 valence electrons. The van der Waals surface area contributed by atoms with Crippen molar-refractivity contribution in [2.75, 3.05) is 25.3 Å². The highest BCUT2D eigenvalue weighted by Gasteiger charge is 2.03. The number of nitrogens with one attached hydrogen (secondary N) is 2. The molecule has 0 bridgehead atoms. The second-order valence-electron chi connectivity index (χ2n) is 8.59. The Labute approximate surface area is 236 Å². The van der Waals surface area contributed by atoms with Crippen molar-refractivity contribution in [3.05, 3.63) is 120 Å². The summed E-state index contributed by atoms with van der Waals surface area (Å²) in [5, 5.41) is 2.87. The molecule has 0 aliphatic heterocycles. The molecule has 0 spiro atoms. The molecule has 0 fully saturated rings. The molecule has 0 saturated carbocycles. The van der Waals surface area contributed by atoms with Gasteiger partial charge >= 0.3 is 0 Å². The third-order valence-corrected chi connectivity index (χ3v) is 5.62. The number of hydrazine groups is 1. The maximum absolute atomic E-state index is 11.8. The minimum absolute atomic E-state index is 0.0222. The number of carbonyl (C=O) groups excluding carboxylic acids is 2. The molecule has 8 nitrogen and oxygen atoms in total. The van der Waals surface area contributed by atoms with Gasteiger partial charge in [0.2, 0.25) is 11.8 Å². The Morgan fingerprint density at radius 1 is 0.625 bits per heavy atom. The van der Waals surface area contributed by atoms with Gasteiger partial charge in [-0.05, 0) is 72.5 Å². The lowest BCUT2D eigenvalue weighted by molar-refractivity contribution is -0.121. The number of amides is 2. The average Bonchev–Trinajstić information content (AvgIpc) is 3.01. The van der Waals surface area contributed by atoms with Gasteiger partial charge in [0.1, 0.15) is 11.5 Å². The van der Waals surface area contributed by atoms with Crippen LogP contribution in [0.1, 0.15) is 24.0 Å². The SMILES string of the molecule is COc1ccc(N)cc1.COc1ccc(NC(=O)CCc2ccccc2)cc1.NNC(=O)CCc1ccccc1. The Kier molecular flexibility index (Phi) is 14.5. The quantitative estimate of drug-likeness (QED) is 0.100. The van der Waals surface area contributed by atoms with Crippen LogP contribution < -0.4 is 31.8 Å². The largest absolute Gasteiger partial charge is 0.497 e. The molecule has 0 aliphatic carbocycles. The van der Waals surface area contributed by atoms with E-state index in [9.17, 15) is 9.59 Å². The molecule has 0 atom stereocenters. The fraction of sp³-hybridized carbons (Fsp3) is 0.188. The van der Waals surface area contributed by atoms with Gasteiger partial charge in [0, 0.05) is 24.2 Å². The van der Waals surface area contributed by atoms with Crippen LogP contribution in [-0.2, 0) is 22.4 Å². The first-order valence-corrected chi connectivity index (χ1v) is 12.8. The highest BCUT2D eigenvalue weighted by molar-refractivity contribution is 5.90. The van der Waals surface area contributed by atoms with Crippen LogP contribution in [0.5, 0.6) is 11.5 Å². The van der Waals surface area contributed by atoms with Crippen LogP contribution in [0.15, 0.2) is 109 Å². The van der Waals surface area contributed by atoms with Crippen LogP contribution in [0.3, 0.4) is 0 Å². The highest BCUT2D eigenvalue weighted by atomic mass is 16.5. The molecule has 0 aromatic heterocycles. The van der Waals surface area contributed by atoms with Crippen molar-refractivity contribution in [2.45, 2.75) is 25.7 Å². The lowest BCUT2D eigenvalue weighted by Gasteiger charge is -2.06. The summed E-state index contributed by atoms with van der Waals surface area (Å²) < 4.78 is 9.98. The molecule has 2 amide bonds. The summed E-state index contributed by atoms with van der Waals surface area (Å²) in [6, 6.07) is 34.4. The van der Waals surface area contributed by atoms with E-state index < -0.39 is 0 Å². The monoisotopic (exact) mass is 542 g/mol. The van der Waals surface area contributed by atoms with E-state index in [-0.39, 0.29) is 11.8 Å². The van der Waals surface area contributed by atoms with Gasteiger partial charge in [-0.3, -0.25) is 15.0 Å². The number of benzene rings is 4. The number of aryl methyl sites for hydroxylation is 2. The Morgan fingerprint density at radius 2 is 1.05 bits per heavy atom. The van der Waals surface area contributed by atoms with E-state index in [1.54, 1.807) is 26.4 Å². The summed E-state index contributed by atoms with van der Waals surface area (Å²) in [6.45, 7) is 0. The topological polar surface area (TPSA) is 129 Å². The Bertz CT molecular complexity index is 1250. The molecule has 0 saturated heterocycles. The second-order valence-corrected chi connectivity index (χ2v) is 8.59. The van der Waals surface area contributed by atoms with E-state index in [1.807, 2.05) is 97.1 Å². The first-order valence-electron chi connectivity index (χ1n) is 12.8. The van der Waals surface area contributed by atoms with Crippen LogP contribution in [0.2, 0.25) is 0 Å². The summed E-state index contributed by atoms with van der Waals surface area (Å²) >= 11 is 0. The predicted octanol–water partition coefficient (Wildman–Crippen LogP) is 5.15. The standard InChI is InChI=1S/C16H17NO2.C9H12N2O.C7H9NO/c1-19-15-10-8-14(9-11-15)17-16(18)12-7-13-5-3-2-4-6-13;10-11-9(12)7-6-8-4-2-1-3-5-8;1-9-7-4-2-6(8)3-5-7/h2-6,8-11H,7,12H2,1H3,(H,17,18);1-5H,6-7,10H2,(H,11,12);2-5H,8H2,1H3. The summed E-state index contributed by atoms with van der Waals surface area (Å²) in [4.78, 5) is 22.5. The molecule has 0 radical (unpaired) electrons. The molecular formula is C32H38N4O4. The molecule has 0 heterocycles. The number of nitrogens with two attached hydrogens (primary N) is 2. The van der Waals surface area contributed by atoms with Gasteiger partial charge in [-0.15, -0.1) is 0 Å². The number of hydrogen-bond acceptors (Lipinski definition) is 6. The normalized spacial score (nSPS) is 9.57. The van der Waals surface area contributed by atoms with E-state index >= 15 is 0 Å². The molecule has 4 rings (SSSR count). The smallest absolute Gasteiger partial charge is 0.234 e. The van der Waals surface area contributed by atoms with Crippen LogP contribution in [0, 0.1) is 0 Å². The van der Waals surface area contributed by atoms with Gasteiger partial charge in [-0.25, -0.2) is 5.84 Å². The summed E-state index contributed by atoms with van der Waals surface area (Å²) in [6.07, 6.45) is 2.42. The zero-order valence-electron chi connectivity index (χ0n) is 23.0. The number of hydrogen-bond donors (Lipinski definition) is 4. The van der Waals surface area contributed by atoms with Gasteiger partial charge in [-0.1, -0.05) is 60.7 Å². The van der Waals surface area contributed by atoms with Gasteiger partial charge in [0.15, 0.2) is 0 Å². The number of methoxy groups -OCH3 is 2. The van der Waals surface area contributed by atoms with Crippen molar-refractivity contribution in [1.82, 2.24) is 5.43 Å². The number of ether oxygens (including phenoxy) is 2. The third kappa shape index (κ3) is 13.1. The van der Waals surface area contributed by atoms with Crippen molar-refractivity contribution >= 4 is 23.2 Å². The maximum Gasteiger partial charge on any atom is 0.234 e. The fourth-order valence-corrected chi connectivity index (χ4v) is 3.38. The average molecular weight is 543 g/mol. The van der Waals surface area contributed by atoms with Crippen molar-refractivity contribution in [2.24, 2.45) is 5.84 Å². The molecular weight excluding hydrogens is 504 g/mol. The van der Waals surface area contributed by atoms with Gasteiger partial charge < -0.3 is 20.5 Å². The molecule has 4 aromatic rings. The minimum Gasteiger partial charge on any atom is -0.497 e. The first kappa shape index (κ1) is 31.4. The Balaban J connectivity index is 0.000000228. The zero-order chi connectivity index (χ0) is 29.0. The van der Waals surface area contributed by atoms with Crippen molar-refractivity contribution in [3.63, 3.8) is 0 Å². The summed E-state index contributed by atoms with van der Waals surface area (Å²) in [5.41, 5.74) is 11.4. The van der Waals surface area contributed by atoms with Crippen molar-refractivity contribution in [3.8, 4) is 11.5 Å². The molecule has 8 heteroatoms. The highest BCUT2D eigenvalue weighted by Crippen LogP contribution is 2.15. The van der Waals surface area contributed by atoms with Crippen molar-refractivity contribution < 1.29 is 19.1 Å². The van der Waals surface area contributed by atoms with Gasteiger partial charge in [-0.2, -0.15) is 0 Å². The second kappa shape index (κ2) is 18.4. The minimum atomic E-state index is -0.126. The summed E-state index contributed by atoms with van der Waals surface area (Å²) in [5.74, 6) is 6.45. The number of nitrogen functional groups attached to an aromatic ring is 1. The van der Waals surface area contributed by atoms with Crippen LogP contribution in [-0.4, -0.2) is 26.0 Å². The molecule has 0 aliphatic rings. The van der Waals surface area contributed by atoms with E-state index in [1.165, 1.54) is 5.56 Å². The van der Waals surface area contributed by atoms with E-state index in [0.29, 0.717) is 12.8 Å². The number of rotatable bonds is 9. The lowest BCUT2D eigenvalue weighted by atomic mass is 10.1. The van der Waals surface area contributed by atoms with Gasteiger partial charge in [0.25, 0.3) is 0 Å². The molecule has 40 heavy (non-hydrogen) atoms. The maximum atomic E-state index is 11.8. The Hall–Kier alpha value is -4.82. The fourth-order valence-electron chi connectivity index (χ4n) is 3.38. The van der Waals surface area contributed by atoms with E-state index in [4.69, 9.17) is 21.1 Å². The predicted molar refractivity (Wildman–Crippen MR) is 161 cm³/mol. The van der Waals surface area contributed by atoms with Crippen LogP contribution in [0.4, 0.5) is 11.4 Å². The van der Waals surface area contributed by atoms with Gasteiger partial charge in [0.05, 0.1) is 14.2 Å².